The summed E-state index contributed by atoms with van der Waals surface area (Å²) < 4.78 is 9.05. The minimum absolute atomic E-state index is 0. The maximum Gasteiger partial charge on any atom is 0.136 e. The molecule has 5 aromatic carbocycles. The van der Waals surface area contributed by atoms with Gasteiger partial charge in [0.2, 0.25) is 0 Å². The zero-order valence-electron chi connectivity index (χ0n) is 30.7. The van der Waals surface area contributed by atoms with Crippen molar-refractivity contribution in [2.75, 3.05) is 0 Å². The van der Waals surface area contributed by atoms with Crippen molar-refractivity contribution in [2.24, 2.45) is 0 Å². The SMILES string of the molecule is CC(C)(C)c1ccc2oc3cc4c5cc(C(C)(C)C)ccc5n5c6c[c-]c(-c7ccccn7)cc6c(c3c2c1)c45.[Ir].[c-]1ccccc1-c1ccccn1. The van der Waals surface area contributed by atoms with Crippen LogP contribution >= 0.6 is 0 Å². The molecular formula is C48H39IrN3O-2. The van der Waals surface area contributed by atoms with E-state index in [2.05, 4.69) is 129 Å². The van der Waals surface area contributed by atoms with E-state index in [1.54, 1.807) is 6.20 Å². The normalized spacial score (nSPS) is 12.2. The van der Waals surface area contributed by atoms with Crippen LogP contribution in [0.3, 0.4) is 0 Å². The maximum atomic E-state index is 6.61. The number of nitrogens with zero attached hydrogens (tertiary/aromatic N) is 3. The third-order valence-corrected chi connectivity index (χ3v) is 10.2. The van der Waals surface area contributed by atoms with E-state index in [0.29, 0.717) is 0 Å². The van der Waals surface area contributed by atoms with Crippen molar-refractivity contribution >= 4 is 60.0 Å². The molecule has 0 saturated heterocycles. The predicted octanol–water partition coefficient (Wildman–Crippen LogP) is 12.7. The van der Waals surface area contributed by atoms with Gasteiger partial charge in [0.05, 0.1) is 5.52 Å². The Morgan fingerprint density at radius 1 is 0.547 bits per heavy atom. The van der Waals surface area contributed by atoms with Crippen molar-refractivity contribution in [3.8, 4) is 22.5 Å². The monoisotopic (exact) mass is 866 g/mol. The Bertz CT molecular complexity index is 2860. The molecule has 0 aliphatic carbocycles. The molecule has 53 heavy (non-hydrogen) atoms. The molecule has 10 rings (SSSR count). The summed E-state index contributed by atoms with van der Waals surface area (Å²) in [6.45, 7) is 13.6. The van der Waals surface area contributed by atoms with Crippen LogP contribution in [0.2, 0.25) is 0 Å². The first-order valence-electron chi connectivity index (χ1n) is 17.9. The summed E-state index contributed by atoms with van der Waals surface area (Å²) in [4.78, 5) is 8.84. The molecule has 0 fully saturated rings. The van der Waals surface area contributed by atoms with Gasteiger partial charge in [-0.1, -0.05) is 83.3 Å². The Hall–Kier alpha value is -5.35. The van der Waals surface area contributed by atoms with Crippen LogP contribution in [-0.2, 0) is 30.9 Å². The van der Waals surface area contributed by atoms with Gasteiger partial charge in [-0.05, 0) is 81.3 Å². The fourth-order valence-corrected chi connectivity index (χ4v) is 7.49. The molecule has 263 valence electrons. The molecule has 10 aromatic rings. The first-order valence-corrected chi connectivity index (χ1v) is 17.9. The standard InChI is InChI=1S/C37H31N2O.C11H8N.Ir/c1-36(2,3)22-11-14-29-24(18-22)25-20-32-33(27-19-23(37(4,5)6)12-15-31(27)40-32)34-26-17-21(28-9-7-8-16-38-28)10-13-30(26)39(29)35(25)34;1-2-6-10(7-3-1)11-8-4-5-9-12-11;/h7-9,11-20H,1-6H3;1-6,8-9H;/q2*-1;. The van der Waals surface area contributed by atoms with Crippen molar-refractivity contribution in [2.45, 2.75) is 52.4 Å². The molecule has 1 radical (unpaired) electrons. The first kappa shape index (κ1) is 34.7. The van der Waals surface area contributed by atoms with E-state index in [0.717, 1.165) is 39.2 Å². The average Bonchev–Trinajstić information content (AvgIpc) is 3.80. The molecule has 0 saturated carbocycles. The van der Waals surface area contributed by atoms with Crippen LogP contribution in [0.1, 0.15) is 52.7 Å². The Kier molecular flexibility index (Phi) is 8.48. The fourth-order valence-electron chi connectivity index (χ4n) is 7.49. The van der Waals surface area contributed by atoms with Crippen LogP contribution in [0, 0.1) is 12.1 Å². The molecular weight excluding hydrogens is 827 g/mol. The quantitative estimate of drug-likeness (QED) is 0.163. The molecule has 0 amide bonds. The van der Waals surface area contributed by atoms with Crippen LogP contribution in [0.5, 0.6) is 0 Å². The number of rotatable bonds is 2. The van der Waals surface area contributed by atoms with E-state index in [1.807, 2.05) is 60.8 Å². The zero-order chi connectivity index (χ0) is 35.8. The van der Waals surface area contributed by atoms with Crippen molar-refractivity contribution in [3.63, 3.8) is 0 Å². The van der Waals surface area contributed by atoms with Crippen LogP contribution < -0.4 is 0 Å². The Morgan fingerprint density at radius 2 is 1.21 bits per heavy atom. The second-order valence-electron chi connectivity index (χ2n) is 15.8. The predicted molar refractivity (Wildman–Crippen MR) is 216 cm³/mol. The summed E-state index contributed by atoms with van der Waals surface area (Å²) in [5.74, 6) is 0. The molecule has 0 bridgehead atoms. The number of fused-ring (bicyclic) bond motifs is 10. The fraction of sp³-hybridized carbons (Fsp3) is 0.167. The van der Waals surface area contributed by atoms with E-state index >= 15 is 0 Å². The third kappa shape index (κ3) is 5.89. The number of pyridine rings is 2. The molecule has 0 N–H and O–H groups in total. The van der Waals surface area contributed by atoms with Gasteiger partial charge in [-0.15, -0.1) is 59.7 Å². The van der Waals surface area contributed by atoms with Crippen molar-refractivity contribution < 1.29 is 24.5 Å². The summed E-state index contributed by atoms with van der Waals surface area (Å²) in [5.41, 5.74) is 12.2. The molecule has 0 atom stereocenters. The van der Waals surface area contributed by atoms with Gasteiger partial charge in [0.1, 0.15) is 11.2 Å². The van der Waals surface area contributed by atoms with Gasteiger partial charge in [0, 0.05) is 64.9 Å². The molecule has 0 aliphatic heterocycles. The number of aromatic nitrogens is 3. The Balaban J connectivity index is 0.000000262. The van der Waals surface area contributed by atoms with Crippen molar-refractivity contribution in [3.05, 3.63) is 151 Å². The molecule has 5 heterocycles. The van der Waals surface area contributed by atoms with Crippen LogP contribution in [0.25, 0.3) is 82.5 Å². The molecule has 5 heteroatoms. The topological polar surface area (TPSA) is 43.3 Å². The van der Waals surface area contributed by atoms with E-state index in [-0.39, 0.29) is 30.9 Å². The van der Waals surface area contributed by atoms with E-state index < -0.39 is 0 Å². The van der Waals surface area contributed by atoms with Crippen molar-refractivity contribution in [1.82, 2.24) is 14.4 Å². The number of hydrogen-bond acceptors (Lipinski definition) is 3. The van der Waals surface area contributed by atoms with E-state index in [9.17, 15) is 0 Å². The summed E-state index contributed by atoms with van der Waals surface area (Å²) >= 11 is 0. The third-order valence-electron chi connectivity index (χ3n) is 10.2. The minimum atomic E-state index is 0. The molecule has 0 spiro atoms. The molecule has 0 unspecified atom stereocenters. The van der Waals surface area contributed by atoms with Gasteiger partial charge < -0.3 is 18.8 Å². The summed E-state index contributed by atoms with van der Waals surface area (Å²) in [7, 11) is 0. The Morgan fingerprint density at radius 3 is 1.85 bits per heavy atom. The number of benzene rings is 5. The average molecular weight is 866 g/mol. The van der Waals surface area contributed by atoms with Crippen LogP contribution in [0.4, 0.5) is 0 Å². The van der Waals surface area contributed by atoms with Crippen LogP contribution in [0.15, 0.2) is 132 Å². The van der Waals surface area contributed by atoms with E-state index in [4.69, 9.17) is 4.42 Å². The largest absolute Gasteiger partial charge is 0.456 e. The first-order chi connectivity index (χ1) is 25.1. The molecule has 5 aromatic heterocycles. The van der Waals surface area contributed by atoms with Gasteiger partial charge in [0.15, 0.2) is 0 Å². The number of furan rings is 1. The van der Waals surface area contributed by atoms with Gasteiger partial charge >= 0.3 is 0 Å². The summed E-state index contributed by atoms with van der Waals surface area (Å²) in [6, 6.07) is 46.7. The maximum absolute atomic E-state index is 6.61. The summed E-state index contributed by atoms with van der Waals surface area (Å²) in [5, 5.41) is 7.30. The molecule has 4 nitrogen and oxygen atoms in total. The van der Waals surface area contributed by atoms with E-state index in [1.165, 1.54) is 54.5 Å². The van der Waals surface area contributed by atoms with Crippen molar-refractivity contribution in [1.29, 1.82) is 0 Å². The van der Waals surface area contributed by atoms with Gasteiger partial charge in [-0.3, -0.25) is 0 Å². The number of hydrogen-bond donors (Lipinski definition) is 0. The van der Waals surface area contributed by atoms with Crippen LogP contribution in [-0.4, -0.2) is 14.4 Å². The molecule has 0 aliphatic rings. The van der Waals surface area contributed by atoms with Gasteiger partial charge in [-0.25, -0.2) is 0 Å². The second-order valence-corrected chi connectivity index (χ2v) is 15.8. The minimum Gasteiger partial charge on any atom is -0.456 e. The summed E-state index contributed by atoms with van der Waals surface area (Å²) in [6.07, 6.45) is 3.63. The Labute approximate surface area is 323 Å². The second kappa shape index (κ2) is 12.9. The van der Waals surface area contributed by atoms with Gasteiger partial charge in [-0.2, -0.15) is 0 Å². The van der Waals surface area contributed by atoms with Gasteiger partial charge in [0.25, 0.3) is 0 Å². The smallest absolute Gasteiger partial charge is 0.136 e. The zero-order valence-corrected chi connectivity index (χ0v) is 33.1.